The summed E-state index contributed by atoms with van der Waals surface area (Å²) in [5, 5.41) is 4.07. The normalized spacial score (nSPS) is 11.9. The molecule has 5 nitrogen and oxygen atoms in total. The number of hydrogen-bond donors (Lipinski definition) is 1. The summed E-state index contributed by atoms with van der Waals surface area (Å²) < 4.78 is 12.0. The van der Waals surface area contributed by atoms with Crippen molar-refractivity contribution in [3.63, 3.8) is 0 Å². The molecule has 0 spiro atoms. The van der Waals surface area contributed by atoms with Gasteiger partial charge in [-0.25, -0.2) is 5.43 Å². The first kappa shape index (κ1) is 20.8. The summed E-state index contributed by atoms with van der Waals surface area (Å²) in [6.07, 6.45) is 0.840. The highest BCUT2D eigenvalue weighted by Crippen LogP contribution is 2.22. The second-order valence-electron chi connectivity index (χ2n) is 6.22. The van der Waals surface area contributed by atoms with Crippen LogP contribution in [0.1, 0.15) is 22.8 Å². The first-order valence-electron chi connectivity index (χ1n) is 9.04. The molecule has 3 aromatic rings. The van der Waals surface area contributed by atoms with Crippen molar-refractivity contribution in [2.45, 2.75) is 12.7 Å². The van der Waals surface area contributed by atoms with Gasteiger partial charge in [-0.2, -0.15) is 5.10 Å². The molecule has 0 heterocycles. The fourth-order valence-corrected chi connectivity index (χ4v) is 3.05. The summed E-state index contributed by atoms with van der Waals surface area (Å²) in [5.74, 6) is 0.367. The van der Waals surface area contributed by atoms with E-state index in [1.165, 1.54) is 7.11 Å². The Morgan fingerprint density at radius 2 is 1.76 bits per heavy atom. The minimum atomic E-state index is -0.725. The number of hydrogen-bond acceptors (Lipinski definition) is 4. The molecule has 0 fully saturated rings. The Hall–Kier alpha value is -2.96. The van der Waals surface area contributed by atoms with Gasteiger partial charge in [0, 0.05) is 17.1 Å². The van der Waals surface area contributed by atoms with E-state index in [1.54, 1.807) is 6.21 Å². The Morgan fingerprint density at radius 1 is 1.07 bits per heavy atom. The minimum absolute atomic E-state index is 0.345. The van der Waals surface area contributed by atoms with Gasteiger partial charge in [0.25, 0.3) is 5.91 Å². The lowest BCUT2D eigenvalue weighted by Crippen LogP contribution is -2.26. The molecule has 6 heteroatoms. The number of nitrogens with zero attached hydrogens (tertiary/aromatic N) is 1. The number of rotatable bonds is 8. The van der Waals surface area contributed by atoms with E-state index in [4.69, 9.17) is 9.47 Å². The van der Waals surface area contributed by atoms with Gasteiger partial charge in [0.15, 0.2) is 6.10 Å². The number of carbonyl (C=O) groups is 1. The van der Waals surface area contributed by atoms with Crippen molar-refractivity contribution >= 4 is 28.1 Å². The number of nitrogens with one attached hydrogen (secondary N) is 1. The van der Waals surface area contributed by atoms with Gasteiger partial charge in [0.2, 0.25) is 0 Å². The Labute approximate surface area is 178 Å². The smallest absolute Gasteiger partial charge is 0.273 e. The monoisotopic (exact) mass is 452 g/mol. The molecule has 0 aliphatic heterocycles. The summed E-state index contributed by atoms with van der Waals surface area (Å²) in [7, 11) is 1.49. The van der Waals surface area contributed by atoms with E-state index < -0.39 is 6.10 Å². The van der Waals surface area contributed by atoms with Crippen LogP contribution in [-0.2, 0) is 16.1 Å². The van der Waals surface area contributed by atoms with E-state index in [2.05, 4.69) is 26.5 Å². The predicted molar refractivity (Wildman–Crippen MR) is 117 cm³/mol. The van der Waals surface area contributed by atoms with Gasteiger partial charge in [-0.05, 0) is 29.3 Å². The number of carbonyl (C=O) groups excluding carboxylic acids is 1. The highest BCUT2D eigenvalue weighted by Gasteiger charge is 2.19. The molecule has 1 N–H and O–H groups in total. The Balaban J connectivity index is 1.63. The van der Waals surface area contributed by atoms with Crippen LogP contribution in [0.25, 0.3) is 0 Å². The van der Waals surface area contributed by atoms with Gasteiger partial charge in [-0.3, -0.25) is 4.79 Å². The fraction of sp³-hybridized carbons (Fsp3) is 0.130. The van der Waals surface area contributed by atoms with Gasteiger partial charge >= 0.3 is 0 Å². The molecular weight excluding hydrogens is 432 g/mol. The second-order valence-corrected chi connectivity index (χ2v) is 7.07. The van der Waals surface area contributed by atoms with Crippen LogP contribution < -0.4 is 10.2 Å². The molecule has 3 rings (SSSR count). The third-order valence-corrected chi connectivity index (χ3v) is 4.89. The highest BCUT2D eigenvalue weighted by atomic mass is 79.9. The summed E-state index contributed by atoms with van der Waals surface area (Å²) in [6, 6.07) is 24.8. The lowest BCUT2D eigenvalue weighted by atomic mass is 10.1. The molecule has 29 heavy (non-hydrogen) atoms. The zero-order valence-electron chi connectivity index (χ0n) is 15.9. The molecule has 3 aromatic carbocycles. The van der Waals surface area contributed by atoms with Crippen molar-refractivity contribution in [2.75, 3.05) is 7.11 Å². The Morgan fingerprint density at radius 3 is 2.45 bits per heavy atom. The van der Waals surface area contributed by atoms with Gasteiger partial charge < -0.3 is 9.47 Å². The number of amides is 1. The minimum Gasteiger partial charge on any atom is -0.489 e. The zero-order valence-corrected chi connectivity index (χ0v) is 17.5. The Kier molecular flexibility index (Phi) is 7.55. The van der Waals surface area contributed by atoms with E-state index in [9.17, 15) is 4.79 Å². The maximum atomic E-state index is 12.4. The maximum Gasteiger partial charge on any atom is 0.273 e. The highest BCUT2D eigenvalue weighted by molar-refractivity contribution is 9.10. The molecule has 1 atom stereocenters. The lowest BCUT2D eigenvalue weighted by molar-refractivity contribution is -0.131. The standard InChI is InChI=1S/C23H21BrN2O3/c1-28-22(18-10-6-3-7-11-18)23(27)26-25-15-19-14-20(12-13-21(19)24)29-16-17-8-4-2-5-9-17/h2-15,22H,16H2,1H3,(H,26,27)/b25-15+. The van der Waals surface area contributed by atoms with E-state index in [0.29, 0.717) is 12.4 Å². The summed E-state index contributed by atoms with van der Waals surface area (Å²) >= 11 is 3.49. The van der Waals surface area contributed by atoms with Crippen molar-refractivity contribution in [1.82, 2.24) is 5.43 Å². The fourth-order valence-electron chi connectivity index (χ4n) is 2.70. The average Bonchev–Trinajstić information content (AvgIpc) is 2.76. The SMILES string of the molecule is COC(C(=O)N/N=C/c1cc(OCc2ccccc2)ccc1Br)c1ccccc1. The van der Waals surface area contributed by atoms with Crippen molar-refractivity contribution in [2.24, 2.45) is 5.10 Å². The second kappa shape index (κ2) is 10.5. The zero-order chi connectivity index (χ0) is 20.5. The molecule has 0 aliphatic carbocycles. The van der Waals surface area contributed by atoms with Crippen LogP contribution in [0.2, 0.25) is 0 Å². The van der Waals surface area contributed by atoms with Crippen molar-refractivity contribution in [3.05, 3.63) is 100 Å². The largest absolute Gasteiger partial charge is 0.489 e. The number of benzene rings is 3. The van der Waals surface area contributed by atoms with Crippen LogP contribution in [0.15, 0.2) is 88.4 Å². The first-order chi connectivity index (χ1) is 14.2. The molecule has 1 amide bonds. The molecule has 1 unspecified atom stereocenters. The number of hydrazone groups is 1. The molecule has 148 valence electrons. The Bertz CT molecular complexity index is 962. The van der Waals surface area contributed by atoms with Gasteiger partial charge in [-0.15, -0.1) is 0 Å². The van der Waals surface area contributed by atoms with Gasteiger partial charge in [0.05, 0.1) is 6.21 Å². The quantitative estimate of drug-likeness (QED) is 0.391. The van der Waals surface area contributed by atoms with E-state index >= 15 is 0 Å². The van der Waals surface area contributed by atoms with Crippen LogP contribution in [0.5, 0.6) is 5.75 Å². The third kappa shape index (κ3) is 6.01. The predicted octanol–water partition coefficient (Wildman–Crippen LogP) is 4.87. The molecule has 0 saturated carbocycles. The molecular formula is C23H21BrN2O3. The topological polar surface area (TPSA) is 59.9 Å². The average molecular weight is 453 g/mol. The van der Waals surface area contributed by atoms with Crippen LogP contribution in [0.3, 0.4) is 0 Å². The summed E-state index contributed by atoms with van der Waals surface area (Å²) in [5.41, 5.74) is 5.16. The summed E-state index contributed by atoms with van der Waals surface area (Å²) in [4.78, 5) is 12.4. The molecule has 0 aromatic heterocycles. The first-order valence-corrected chi connectivity index (χ1v) is 9.83. The molecule has 0 saturated heterocycles. The third-order valence-electron chi connectivity index (χ3n) is 4.17. The lowest BCUT2D eigenvalue weighted by Gasteiger charge is -2.13. The van der Waals surface area contributed by atoms with E-state index in [-0.39, 0.29) is 5.91 Å². The summed E-state index contributed by atoms with van der Waals surface area (Å²) in [6.45, 7) is 0.475. The van der Waals surface area contributed by atoms with Crippen LogP contribution >= 0.6 is 15.9 Å². The van der Waals surface area contributed by atoms with Crippen LogP contribution in [0.4, 0.5) is 0 Å². The molecule has 0 radical (unpaired) electrons. The van der Waals surface area contributed by atoms with Crippen LogP contribution in [-0.4, -0.2) is 19.2 Å². The van der Waals surface area contributed by atoms with Gasteiger partial charge in [-0.1, -0.05) is 76.6 Å². The number of methoxy groups -OCH3 is 1. The number of ether oxygens (including phenoxy) is 2. The maximum absolute atomic E-state index is 12.4. The molecule has 0 aliphatic rings. The van der Waals surface area contributed by atoms with Gasteiger partial charge in [0.1, 0.15) is 12.4 Å². The molecule has 0 bridgehead atoms. The van der Waals surface area contributed by atoms with Crippen LogP contribution in [0, 0.1) is 0 Å². The number of halogens is 1. The van der Waals surface area contributed by atoms with Crippen molar-refractivity contribution in [1.29, 1.82) is 0 Å². The van der Waals surface area contributed by atoms with E-state index in [0.717, 1.165) is 21.2 Å². The van der Waals surface area contributed by atoms with Crippen molar-refractivity contribution < 1.29 is 14.3 Å². The van der Waals surface area contributed by atoms with E-state index in [1.807, 2.05) is 78.9 Å². The van der Waals surface area contributed by atoms with Crippen molar-refractivity contribution in [3.8, 4) is 5.75 Å².